The van der Waals surface area contributed by atoms with Gasteiger partial charge in [0.25, 0.3) is 0 Å². The summed E-state index contributed by atoms with van der Waals surface area (Å²) in [7, 11) is 3.17. The fraction of sp³-hybridized carbons (Fsp3) is 0.381. The van der Waals surface area contributed by atoms with Crippen molar-refractivity contribution in [3.63, 3.8) is 0 Å². The molecule has 1 aliphatic carbocycles. The maximum Gasteiger partial charge on any atom is 0.230 e. The molecule has 2 aromatic carbocycles. The van der Waals surface area contributed by atoms with Crippen LogP contribution in [0.3, 0.4) is 0 Å². The van der Waals surface area contributed by atoms with E-state index in [4.69, 9.17) is 9.47 Å². The molecule has 0 radical (unpaired) electrons. The predicted molar refractivity (Wildman–Crippen MR) is 97.9 cm³/mol. The molecule has 4 nitrogen and oxygen atoms in total. The molecule has 3 rings (SSSR count). The molecule has 1 aliphatic rings. The van der Waals surface area contributed by atoms with Gasteiger partial charge in [-0.3, -0.25) is 4.79 Å². The number of amides is 1. The average Bonchev–Trinajstić information content (AvgIpc) is 3.17. The molecule has 0 heterocycles. The van der Waals surface area contributed by atoms with E-state index in [1.165, 1.54) is 12.1 Å². The Morgan fingerprint density at radius 1 is 1.08 bits per heavy atom. The van der Waals surface area contributed by atoms with Gasteiger partial charge < -0.3 is 14.8 Å². The molecule has 1 N–H and O–H groups in total. The lowest BCUT2D eigenvalue weighted by Gasteiger charge is -2.28. The number of ether oxygens (including phenoxy) is 2. The minimum atomic E-state index is -0.640. The summed E-state index contributed by atoms with van der Waals surface area (Å²) in [6.45, 7) is 0.385. The molecule has 26 heavy (non-hydrogen) atoms. The van der Waals surface area contributed by atoms with Gasteiger partial charge in [0.2, 0.25) is 5.91 Å². The summed E-state index contributed by atoms with van der Waals surface area (Å²) < 4.78 is 24.2. The third kappa shape index (κ3) is 3.52. The van der Waals surface area contributed by atoms with E-state index in [2.05, 4.69) is 5.32 Å². The molecule has 0 aliphatic heterocycles. The van der Waals surface area contributed by atoms with Crippen LogP contribution in [-0.4, -0.2) is 20.1 Å². The van der Waals surface area contributed by atoms with Gasteiger partial charge in [-0.15, -0.1) is 0 Å². The van der Waals surface area contributed by atoms with Crippen molar-refractivity contribution in [3.8, 4) is 11.5 Å². The van der Waals surface area contributed by atoms with Gasteiger partial charge in [-0.25, -0.2) is 4.39 Å². The highest BCUT2D eigenvalue weighted by Gasteiger charge is 2.42. The van der Waals surface area contributed by atoms with Crippen molar-refractivity contribution in [1.29, 1.82) is 0 Å². The van der Waals surface area contributed by atoms with Crippen LogP contribution >= 0.6 is 0 Å². The monoisotopic (exact) mass is 357 g/mol. The molecule has 0 bridgehead atoms. The standard InChI is InChI=1S/C21H24FNO3/c1-25-18-9-8-15(12-19(18)26-2)14-23-20(24)21(10-3-4-11-21)16-6-5-7-17(22)13-16/h5-9,12-13H,3-4,10-11,14H2,1-2H3,(H,23,24). The zero-order chi connectivity index (χ0) is 18.6. The number of halogens is 1. The van der Waals surface area contributed by atoms with Crippen LogP contribution in [0.25, 0.3) is 0 Å². The second-order valence-corrected chi connectivity index (χ2v) is 6.67. The minimum absolute atomic E-state index is 0.0459. The predicted octanol–water partition coefficient (Wildman–Crippen LogP) is 3.97. The van der Waals surface area contributed by atoms with Crippen molar-refractivity contribution in [1.82, 2.24) is 5.32 Å². The third-order valence-electron chi connectivity index (χ3n) is 5.17. The van der Waals surface area contributed by atoms with Crippen LogP contribution < -0.4 is 14.8 Å². The summed E-state index contributed by atoms with van der Waals surface area (Å²) in [5.74, 6) is 0.923. The van der Waals surface area contributed by atoms with E-state index in [9.17, 15) is 9.18 Å². The van der Waals surface area contributed by atoms with Gasteiger partial charge in [-0.2, -0.15) is 0 Å². The molecule has 1 saturated carbocycles. The van der Waals surface area contributed by atoms with Crippen LogP contribution in [0.15, 0.2) is 42.5 Å². The van der Waals surface area contributed by atoms with Gasteiger partial charge in [-0.05, 0) is 48.2 Å². The van der Waals surface area contributed by atoms with Crippen LogP contribution in [0.4, 0.5) is 4.39 Å². The van der Waals surface area contributed by atoms with Gasteiger partial charge in [0.05, 0.1) is 19.6 Å². The largest absolute Gasteiger partial charge is 0.493 e. The van der Waals surface area contributed by atoms with Crippen LogP contribution in [0.2, 0.25) is 0 Å². The Hall–Kier alpha value is -2.56. The fourth-order valence-electron chi connectivity index (χ4n) is 3.75. The lowest BCUT2D eigenvalue weighted by Crippen LogP contribution is -2.42. The SMILES string of the molecule is COc1ccc(CNC(=O)C2(c3cccc(F)c3)CCCC2)cc1OC. The molecule has 0 atom stereocenters. The summed E-state index contributed by atoms with van der Waals surface area (Å²) in [6, 6.07) is 12.0. The van der Waals surface area contributed by atoms with Gasteiger partial charge in [0, 0.05) is 6.54 Å². The quantitative estimate of drug-likeness (QED) is 0.851. The Balaban J connectivity index is 1.77. The Morgan fingerprint density at radius 2 is 1.81 bits per heavy atom. The highest BCUT2D eigenvalue weighted by molar-refractivity contribution is 5.88. The van der Waals surface area contributed by atoms with Gasteiger partial charge in [0.1, 0.15) is 5.82 Å². The van der Waals surface area contributed by atoms with Crippen LogP contribution in [0, 0.1) is 5.82 Å². The highest BCUT2D eigenvalue weighted by atomic mass is 19.1. The summed E-state index contributed by atoms with van der Waals surface area (Å²) >= 11 is 0. The Morgan fingerprint density at radius 3 is 2.46 bits per heavy atom. The number of hydrogen-bond acceptors (Lipinski definition) is 3. The van der Waals surface area contributed by atoms with E-state index in [1.54, 1.807) is 20.3 Å². The number of carbonyl (C=O) groups excluding carboxylic acids is 1. The normalized spacial score (nSPS) is 15.5. The fourth-order valence-corrected chi connectivity index (χ4v) is 3.75. The first-order valence-electron chi connectivity index (χ1n) is 8.84. The number of nitrogens with one attached hydrogen (secondary N) is 1. The molecule has 5 heteroatoms. The molecular formula is C21H24FNO3. The molecule has 0 spiro atoms. The first-order valence-corrected chi connectivity index (χ1v) is 8.84. The van der Waals surface area contributed by atoms with Crippen molar-refractivity contribution < 1.29 is 18.7 Å². The topological polar surface area (TPSA) is 47.6 Å². The first-order chi connectivity index (χ1) is 12.6. The molecular weight excluding hydrogens is 333 g/mol. The Bertz CT molecular complexity index is 785. The second-order valence-electron chi connectivity index (χ2n) is 6.67. The smallest absolute Gasteiger partial charge is 0.230 e. The second kappa shape index (κ2) is 7.77. The number of benzene rings is 2. The van der Waals surface area contributed by atoms with E-state index >= 15 is 0 Å². The number of hydrogen-bond donors (Lipinski definition) is 1. The van der Waals surface area contributed by atoms with Crippen molar-refractivity contribution in [2.45, 2.75) is 37.6 Å². The van der Waals surface area contributed by atoms with E-state index in [-0.39, 0.29) is 11.7 Å². The highest BCUT2D eigenvalue weighted by Crippen LogP contribution is 2.41. The lowest BCUT2D eigenvalue weighted by molar-refractivity contribution is -0.126. The summed E-state index contributed by atoms with van der Waals surface area (Å²) in [5.41, 5.74) is 1.04. The summed E-state index contributed by atoms with van der Waals surface area (Å²) in [5, 5.41) is 3.03. The van der Waals surface area contributed by atoms with E-state index in [0.717, 1.165) is 36.8 Å². The van der Waals surface area contributed by atoms with E-state index in [1.807, 2.05) is 24.3 Å². The van der Waals surface area contributed by atoms with E-state index < -0.39 is 5.41 Å². The molecule has 0 aromatic heterocycles. The Labute approximate surface area is 153 Å². The molecule has 0 saturated heterocycles. The summed E-state index contributed by atoms with van der Waals surface area (Å²) in [4.78, 5) is 13.0. The number of methoxy groups -OCH3 is 2. The Kier molecular flexibility index (Phi) is 5.45. The van der Waals surface area contributed by atoms with Crippen LogP contribution in [0.5, 0.6) is 11.5 Å². The van der Waals surface area contributed by atoms with Crippen molar-refractivity contribution >= 4 is 5.91 Å². The van der Waals surface area contributed by atoms with Crippen molar-refractivity contribution in [3.05, 3.63) is 59.4 Å². The maximum absolute atomic E-state index is 13.7. The zero-order valence-corrected chi connectivity index (χ0v) is 15.2. The van der Waals surface area contributed by atoms with Gasteiger partial charge >= 0.3 is 0 Å². The first kappa shape index (κ1) is 18.2. The van der Waals surface area contributed by atoms with Crippen molar-refractivity contribution in [2.75, 3.05) is 14.2 Å². The van der Waals surface area contributed by atoms with Crippen molar-refractivity contribution in [2.24, 2.45) is 0 Å². The number of rotatable bonds is 6. The van der Waals surface area contributed by atoms with E-state index in [0.29, 0.717) is 18.0 Å². The average molecular weight is 357 g/mol. The molecule has 1 fully saturated rings. The van der Waals surface area contributed by atoms with Gasteiger partial charge in [0.15, 0.2) is 11.5 Å². The molecule has 138 valence electrons. The summed E-state index contributed by atoms with van der Waals surface area (Å²) in [6.07, 6.45) is 3.43. The minimum Gasteiger partial charge on any atom is -0.493 e. The van der Waals surface area contributed by atoms with Crippen LogP contribution in [0.1, 0.15) is 36.8 Å². The zero-order valence-electron chi connectivity index (χ0n) is 15.2. The molecule has 1 amide bonds. The maximum atomic E-state index is 13.7. The molecule has 0 unspecified atom stereocenters. The van der Waals surface area contributed by atoms with Crippen LogP contribution in [-0.2, 0) is 16.8 Å². The third-order valence-corrected chi connectivity index (χ3v) is 5.17. The lowest BCUT2D eigenvalue weighted by atomic mass is 9.78. The molecule has 2 aromatic rings. The number of carbonyl (C=O) groups is 1. The van der Waals surface area contributed by atoms with Gasteiger partial charge in [-0.1, -0.05) is 31.0 Å².